The van der Waals surface area contributed by atoms with Crippen molar-refractivity contribution in [2.75, 3.05) is 0 Å². The summed E-state index contributed by atoms with van der Waals surface area (Å²) >= 11 is 0. The zero-order chi connectivity index (χ0) is 31.8. The van der Waals surface area contributed by atoms with E-state index in [0.29, 0.717) is 24.3 Å². The van der Waals surface area contributed by atoms with Gasteiger partial charge in [0.15, 0.2) is 5.56 Å². The van der Waals surface area contributed by atoms with Crippen molar-refractivity contribution in [3.63, 3.8) is 0 Å². The topological polar surface area (TPSA) is 345 Å². The van der Waals surface area contributed by atoms with E-state index in [0.717, 1.165) is 12.1 Å². The fourth-order valence-corrected chi connectivity index (χ4v) is 4.05. The van der Waals surface area contributed by atoms with Crippen molar-refractivity contribution in [2.45, 2.75) is 0 Å². The van der Waals surface area contributed by atoms with E-state index in [1.807, 2.05) is 0 Å². The molecular formula is C18H6N8O16. The largest absolute Gasteiger partial charge is 0.437 e. The van der Waals surface area contributed by atoms with E-state index in [9.17, 15) is 80.9 Å². The number of benzene rings is 3. The highest BCUT2D eigenvalue weighted by atomic mass is 16.7. The van der Waals surface area contributed by atoms with Gasteiger partial charge in [-0.2, -0.15) is 0 Å². The van der Waals surface area contributed by atoms with E-state index < -0.39 is 107 Å². The van der Waals surface area contributed by atoms with Crippen molar-refractivity contribution in [3.8, 4) is 22.3 Å². The van der Waals surface area contributed by atoms with Crippen molar-refractivity contribution in [1.82, 2.24) is 0 Å². The first kappa shape index (κ1) is 29.4. The molecule has 3 aromatic carbocycles. The minimum atomic E-state index is -2.25. The molecule has 0 heterocycles. The summed E-state index contributed by atoms with van der Waals surface area (Å²) < 4.78 is 0. The van der Waals surface area contributed by atoms with E-state index >= 15 is 0 Å². The first-order valence-electron chi connectivity index (χ1n) is 10.2. The highest BCUT2D eigenvalue weighted by molar-refractivity contribution is 6.03. The standard InChI is InChI=1S/C18H6N8O16/c27-19(28)9-5-6-10(20(29)30)13(21(31)32)11(9)7-3-1-2-4-8(7)12-14(22(33)34)16(24(37)38)18(26(41)42)17(25(39)40)15(12)23(35)36/h1-6H. The van der Waals surface area contributed by atoms with Crippen LogP contribution in [-0.4, -0.2) is 39.4 Å². The molecule has 0 fully saturated rings. The molecule has 3 aromatic rings. The molecule has 0 atom stereocenters. The van der Waals surface area contributed by atoms with Gasteiger partial charge in [0, 0.05) is 23.3 Å². The summed E-state index contributed by atoms with van der Waals surface area (Å²) in [6, 6.07) is 3.91. The van der Waals surface area contributed by atoms with Gasteiger partial charge >= 0.3 is 39.8 Å². The van der Waals surface area contributed by atoms with Crippen molar-refractivity contribution in [2.24, 2.45) is 0 Å². The molecule has 0 unspecified atom stereocenters. The van der Waals surface area contributed by atoms with Crippen LogP contribution in [0.2, 0.25) is 0 Å². The number of nitro benzene ring substituents is 8. The molecule has 24 nitrogen and oxygen atoms in total. The monoisotopic (exact) mass is 590 g/mol. The zero-order valence-electron chi connectivity index (χ0n) is 19.6. The first-order chi connectivity index (χ1) is 19.5. The van der Waals surface area contributed by atoms with Gasteiger partial charge in [0.1, 0.15) is 5.56 Å². The predicted molar refractivity (Wildman–Crippen MR) is 131 cm³/mol. The third-order valence-electron chi connectivity index (χ3n) is 5.46. The maximum atomic E-state index is 12.1. The van der Waals surface area contributed by atoms with E-state index in [2.05, 4.69) is 0 Å². The van der Waals surface area contributed by atoms with Crippen LogP contribution in [0, 0.1) is 80.9 Å². The Morgan fingerprint density at radius 2 is 0.643 bits per heavy atom. The van der Waals surface area contributed by atoms with Crippen LogP contribution in [0.4, 0.5) is 45.5 Å². The van der Waals surface area contributed by atoms with Gasteiger partial charge in [0.05, 0.1) is 39.4 Å². The molecule has 0 N–H and O–H groups in total. The van der Waals surface area contributed by atoms with Crippen LogP contribution in [0.1, 0.15) is 0 Å². The molecule has 0 aliphatic heterocycles. The van der Waals surface area contributed by atoms with Gasteiger partial charge in [-0.25, -0.2) is 0 Å². The molecule has 0 amide bonds. The van der Waals surface area contributed by atoms with E-state index in [4.69, 9.17) is 0 Å². The van der Waals surface area contributed by atoms with Crippen LogP contribution in [0.25, 0.3) is 22.3 Å². The fourth-order valence-electron chi connectivity index (χ4n) is 4.05. The fraction of sp³-hybridized carbons (Fsp3) is 0. The molecule has 0 saturated carbocycles. The van der Waals surface area contributed by atoms with Crippen molar-refractivity contribution in [3.05, 3.63) is 117 Å². The summed E-state index contributed by atoms with van der Waals surface area (Å²) in [7, 11) is 0. The molecule has 0 aliphatic carbocycles. The summed E-state index contributed by atoms with van der Waals surface area (Å²) in [6.45, 7) is 0. The maximum Gasteiger partial charge on any atom is 0.437 e. The molecule has 0 aliphatic rings. The van der Waals surface area contributed by atoms with Crippen molar-refractivity contribution >= 4 is 45.5 Å². The van der Waals surface area contributed by atoms with Gasteiger partial charge in [-0.05, 0) is 0 Å². The van der Waals surface area contributed by atoms with Crippen LogP contribution >= 0.6 is 0 Å². The van der Waals surface area contributed by atoms with Crippen molar-refractivity contribution < 1.29 is 39.4 Å². The Balaban J connectivity index is 2.84. The third kappa shape index (κ3) is 4.63. The summed E-state index contributed by atoms with van der Waals surface area (Å²) in [5.41, 5.74) is -20.1. The summed E-state index contributed by atoms with van der Waals surface area (Å²) in [5.74, 6) is 0. The third-order valence-corrected chi connectivity index (χ3v) is 5.46. The van der Waals surface area contributed by atoms with Crippen molar-refractivity contribution in [1.29, 1.82) is 0 Å². The number of hydrogen-bond donors (Lipinski definition) is 0. The van der Waals surface area contributed by atoms with Crippen LogP contribution in [-0.2, 0) is 0 Å². The Hall–Kier alpha value is -7.14. The minimum absolute atomic E-state index is 0.370. The highest BCUT2D eigenvalue weighted by Gasteiger charge is 2.55. The summed E-state index contributed by atoms with van der Waals surface area (Å²) in [6.07, 6.45) is 0. The summed E-state index contributed by atoms with van der Waals surface area (Å²) in [5, 5.41) is 94.6. The van der Waals surface area contributed by atoms with Crippen LogP contribution in [0.15, 0.2) is 36.4 Å². The quantitative estimate of drug-likeness (QED) is 0.234. The average Bonchev–Trinajstić information content (AvgIpc) is 2.89. The second-order valence-electron chi connectivity index (χ2n) is 7.55. The van der Waals surface area contributed by atoms with Crippen LogP contribution in [0.3, 0.4) is 0 Å². The Bertz CT molecular complexity index is 1770. The lowest BCUT2D eigenvalue weighted by molar-refractivity contribution is -0.459. The molecule has 0 radical (unpaired) electrons. The molecule has 0 saturated heterocycles. The number of rotatable bonds is 10. The Kier molecular flexibility index (Phi) is 7.39. The molecule has 0 spiro atoms. The first-order valence-corrected chi connectivity index (χ1v) is 10.2. The van der Waals surface area contributed by atoms with E-state index in [-0.39, 0.29) is 0 Å². The molecule has 42 heavy (non-hydrogen) atoms. The second-order valence-corrected chi connectivity index (χ2v) is 7.55. The number of nitrogens with zero attached hydrogens (tertiary/aromatic N) is 8. The van der Waals surface area contributed by atoms with Crippen LogP contribution < -0.4 is 0 Å². The molecule has 0 bridgehead atoms. The van der Waals surface area contributed by atoms with Crippen LogP contribution in [0.5, 0.6) is 0 Å². The number of nitro groups is 8. The smallest absolute Gasteiger partial charge is 0.258 e. The van der Waals surface area contributed by atoms with Gasteiger partial charge < -0.3 is 0 Å². The predicted octanol–water partition coefficient (Wildman–Crippen LogP) is 4.29. The molecule has 214 valence electrons. The second kappa shape index (κ2) is 10.6. The number of hydrogen-bond acceptors (Lipinski definition) is 16. The van der Waals surface area contributed by atoms with Gasteiger partial charge in [-0.15, -0.1) is 0 Å². The molecule has 24 heteroatoms. The van der Waals surface area contributed by atoms with Gasteiger partial charge in [-0.1, -0.05) is 24.3 Å². The zero-order valence-corrected chi connectivity index (χ0v) is 19.6. The van der Waals surface area contributed by atoms with E-state index in [1.165, 1.54) is 0 Å². The SMILES string of the molecule is O=[N+]([O-])c1ccc([N+](=O)[O-])c([N+](=O)[O-])c1-c1ccccc1-c1c([N+](=O)[O-])c([N+](=O)[O-])c([N+](=O)[O-])c([N+](=O)[O-])c1[N+](=O)[O-]. The Morgan fingerprint density at radius 1 is 0.333 bits per heavy atom. The highest BCUT2D eigenvalue weighted by Crippen LogP contribution is 2.57. The lowest BCUT2D eigenvalue weighted by Crippen LogP contribution is -2.10. The van der Waals surface area contributed by atoms with Gasteiger partial charge in [0.25, 0.3) is 5.69 Å². The normalized spacial score (nSPS) is 10.5. The summed E-state index contributed by atoms with van der Waals surface area (Å²) in [4.78, 5) is 81.6. The average molecular weight is 590 g/mol. The lowest BCUT2D eigenvalue weighted by Gasteiger charge is -2.12. The van der Waals surface area contributed by atoms with Gasteiger partial charge in [0.2, 0.25) is 0 Å². The molecule has 0 aromatic heterocycles. The Labute approximate surface area is 225 Å². The molecular weight excluding hydrogens is 584 g/mol. The maximum absolute atomic E-state index is 12.1. The minimum Gasteiger partial charge on any atom is -0.258 e. The van der Waals surface area contributed by atoms with E-state index in [1.54, 1.807) is 0 Å². The Morgan fingerprint density at radius 3 is 0.976 bits per heavy atom. The van der Waals surface area contributed by atoms with Gasteiger partial charge in [-0.3, -0.25) is 80.9 Å². The lowest BCUT2D eigenvalue weighted by atomic mass is 9.89. The molecule has 3 rings (SSSR count).